The Hall–Kier alpha value is -2.44. The first-order valence-electron chi connectivity index (χ1n) is 6.72. The van der Waals surface area contributed by atoms with Gasteiger partial charge in [0.25, 0.3) is 0 Å². The average Bonchev–Trinajstić information content (AvgIpc) is 2.80. The molecule has 0 saturated carbocycles. The van der Waals surface area contributed by atoms with E-state index in [1.54, 1.807) is 26.1 Å². The molecule has 0 unspecified atom stereocenters. The van der Waals surface area contributed by atoms with Gasteiger partial charge >= 0.3 is 5.69 Å². The number of nitrogens with zero attached hydrogens (tertiary/aromatic N) is 3. The van der Waals surface area contributed by atoms with Crippen molar-refractivity contribution in [2.75, 3.05) is 0 Å². The van der Waals surface area contributed by atoms with Crippen LogP contribution in [0.2, 0.25) is 0 Å². The molecule has 0 aliphatic heterocycles. The van der Waals surface area contributed by atoms with Crippen LogP contribution in [0.3, 0.4) is 0 Å². The van der Waals surface area contributed by atoms with Gasteiger partial charge < -0.3 is 10.3 Å². The molecule has 2 heterocycles. The Labute approximate surface area is 122 Å². The molecule has 1 amide bonds. The zero-order valence-corrected chi connectivity index (χ0v) is 12.6. The molecule has 0 aliphatic rings. The van der Waals surface area contributed by atoms with Gasteiger partial charge in [-0.2, -0.15) is 4.98 Å². The van der Waals surface area contributed by atoms with Crippen LogP contribution in [0.4, 0.5) is 0 Å². The molecule has 0 aromatic carbocycles. The number of amides is 1. The Bertz CT molecular complexity index is 716. The summed E-state index contributed by atoms with van der Waals surface area (Å²) in [5.74, 6) is 0.430. The maximum atomic E-state index is 12.1. The summed E-state index contributed by atoms with van der Waals surface area (Å²) in [6.07, 6.45) is 1.70. The van der Waals surface area contributed by atoms with Crippen LogP contribution in [0.15, 0.2) is 17.1 Å². The van der Waals surface area contributed by atoms with Gasteiger partial charge in [0.05, 0.1) is 6.04 Å². The number of hydrogen-bond donors (Lipinski definition) is 2. The Morgan fingerprint density at radius 1 is 1.43 bits per heavy atom. The largest absolute Gasteiger partial charge is 0.348 e. The highest BCUT2D eigenvalue weighted by Gasteiger charge is 2.14. The Kier molecular flexibility index (Phi) is 4.21. The number of imidazole rings is 1. The molecule has 7 nitrogen and oxygen atoms in total. The van der Waals surface area contributed by atoms with Crippen molar-refractivity contribution < 1.29 is 4.79 Å². The lowest BCUT2D eigenvalue weighted by Gasteiger charge is -2.13. The topological polar surface area (TPSA) is 92.7 Å². The van der Waals surface area contributed by atoms with Gasteiger partial charge in [-0.3, -0.25) is 9.36 Å². The van der Waals surface area contributed by atoms with Crippen LogP contribution in [0, 0.1) is 20.8 Å². The molecule has 0 aliphatic carbocycles. The average molecular weight is 289 g/mol. The number of aryl methyl sites for hydroxylation is 3. The van der Waals surface area contributed by atoms with Crippen LogP contribution >= 0.6 is 0 Å². The van der Waals surface area contributed by atoms with E-state index in [4.69, 9.17) is 0 Å². The van der Waals surface area contributed by atoms with Crippen molar-refractivity contribution in [2.24, 2.45) is 0 Å². The van der Waals surface area contributed by atoms with Gasteiger partial charge in [-0.15, -0.1) is 0 Å². The number of H-pyrrole nitrogens is 1. The van der Waals surface area contributed by atoms with E-state index in [0.29, 0.717) is 17.2 Å². The van der Waals surface area contributed by atoms with Crippen LogP contribution in [0.5, 0.6) is 0 Å². The van der Waals surface area contributed by atoms with E-state index in [9.17, 15) is 9.59 Å². The molecule has 0 radical (unpaired) electrons. The maximum absolute atomic E-state index is 12.1. The van der Waals surface area contributed by atoms with Crippen molar-refractivity contribution >= 4 is 5.91 Å². The number of aromatic nitrogens is 4. The molecule has 0 saturated heterocycles. The molecule has 112 valence electrons. The Balaban J connectivity index is 2.07. The summed E-state index contributed by atoms with van der Waals surface area (Å²) in [7, 11) is 0. The number of rotatable bonds is 4. The Morgan fingerprint density at radius 3 is 2.71 bits per heavy atom. The summed E-state index contributed by atoms with van der Waals surface area (Å²) in [5, 5.41) is 2.81. The number of aromatic amines is 1. The number of carbonyl (C=O) groups excluding carboxylic acids is 1. The minimum absolute atomic E-state index is 0.0536. The van der Waals surface area contributed by atoms with Crippen LogP contribution in [-0.2, 0) is 11.3 Å². The highest BCUT2D eigenvalue weighted by molar-refractivity contribution is 5.76. The first kappa shape index (κ1) is 15.0. The molecule has 7 heteroatoms. The van der Waals surface area contributed by atoms with Crippen molar-refractivity contribution in [3.63, 3.8) is 0 Å². The fourth-order valence-corrected chi connectivity index (χ4v) is 2.12. The van der Waals surface area contributed by atoms with Gasteiger partial charge in [-0.25, -0.2) is 9.78 Å². The van der Waals surface area contributed by atoms with Gasteiger partial charge in [-0.05, 0) is 33.8 Å². The second kappa shape index (κ2) is 5.90. The van der Waals surface area contributed by atoms with E-state index in [0.717, 1.165) is 5.69 Å². The molecule has 2 aromatic heterocycles. The van der Waals surface area contributed by atoms with Crippen LogP contribution in [-0.4, -0.2) is 25.4 Å². The summed E-state index contributed by atoms with van der Waals surface area (Å²) in [4.78, 5) is 34.9. The minimum atomic E-state index is -0.413. The predicted molar refractivity (Wildman–Crippen MR) is 77.9 cm³/mol. The summed E-state index contributed by atoms with van der Waals surface area (Å²) in [6.45, 7) is 7.20. The summed E-state index contributed by atoms with van der Waals surface area (Å²) >= 11 is 0. The zero-order valence-electron chi connectivity index (χ0n) is 12.6. The van der Waals surface area contributed by atoms with Gasteiger partial charge in [0.1, 0.15) is 12.4 Å². The predicted octanol–water partition coefficient (Wildman–Crippen LogP) is 0.769. The van der Waals surface area contributed by atoms with E-state index < -0.39 is 5.69 Å². The first-order chi connectivity index (χ1) is 9.86. The van der Waals surface area contributed by atoms with Crippen molar-refractivity contribution in [3.05, 3.63) is 45.7 Å². The molecular weight excluding hydrogens is 270 g/mol. The van der Waals surface area contributed by atoms with E-state index >= 15 is 0 Å². The van der Waals surface area contributed by atoms with Gasteiger partial charge in [0, 0.05) is 23.3 Å². The smallest absolute Gasteiger partial charge is 0.345 e. The second-order valence-electron chi connectivity index (χ2n) is 5.15. The normalized spacial score (nSPS) is 12.2. The standard InChI is InChI=1S/C14H19N5O2/c1-8-5-10(3)19(14(21)17-8)7-12(20)18-11(4)13-15-6-9(2)16-13/h5-6,11H,7H2,1-4H3,(H,15,16)(H,18,20)/t11-/m1/s1. The van der Waals surface area contributed by atoms with Crippen molar-refractivity contribution in [1.29, 1.82) is 0 Å². The number of carbonyl (C=O) groups is 1. The summed E-state index contributed by atoms with van der Waals surface area (Å²) in [5.41, 5.74) is 1.88. The minimum Gasteiger partial charge on any atom is -0.345 e. The number of nitrogens with one attached hydrogen (secondary N) is 2. The van der Waals surface area contributed by atoms with Crippen molar-refractivity contribution in [2.45, 2.75) is 40.3 Å². The van der Waals surface area contributed by atoms with Gasteiger partial charge in [0.2, 0.25) is 5.91 Å². The highest BCUT2D eigenvalue weighted by Crippen LogP contribution is 2.07. The van der Waals surface area contributed by atoms with Gasteiger partial charge in [0.15, 0.2) is 0 Å². The lowest BCUT2D eigenvalue weighted by atomic mass is 10.3. The molecule has 1 atom stereocenters. The van der Waals surface area contributed by atoms with Gasteiger partial charge in [-0.1, -0.05) is 0 Å². The van der Waals surface area contributed by atoms with E-state index in [1.807, 2.05) is 13.8 Å². The number of hydrogen-bond acceptors (Lipinski definition) is 4. The maximum Gasteiger partial charge on any atom is 0.348 e. The molecule has 2 aromatic rings. The third-order valence-corrected chi connectivity index (χ3v) is 3.16. The fraction of sp³-hybridized carbons (Fsp3) is 0.429. The van der Waals surface area contributed by atoms with E-state index in [-0.39, 0.29) is 18.5 Å². The SMILES string of the molecule is Cc1cc(C)n(CC(=O)N[C@H](C)c2ncc(C)[nH]2)c(=O)n1. The van der Waals surface area contributed by atoms with Crippen LogP contribution in [0.25, 0.3) is 0 Å². The zero-order chi connectivity index (χ0) is 15.6. The summed E-state index contributed by atoms with van der Waals surface area (Å²) < 4.78 is 1.35. The molecule has 21 heavy (non-hydrogen) atoms. The molecular formula is C14H19N5O2. The highest BCUT2D eigenvalue weighted by atomic mass is 16.2. The molecule has 0 spiro atoms. The van der Waals surface area contributed by atoms with Crippen molar-refractivity contribution in [1.82, 2.24) is 24.8 Å². The lowest BCUT2D eigenvalue weighted by Crippen LogP contribution is -2.36. The fourth-order valence-electron chi connectivity index (χ4n) is 2.12. The van der Waals surface area contributed by atoms with Crippen LogP contribution in [0.1, 0.15) is 35.9 Å². The van der Waals surface area contributed by atoms with E-state index in [2.05, 4.69) is 20.3 Å². The lowest BCUT2D eigenvalue weighted by molar-refractivity contribution is -0.122. The monoisotopic (exact) mass is 289 g/mol. The first-order valence-corrected chi connectivity index (χ1v) is 6.72. The third-order valence-electron chi connectivity index (χ3n) is 3.16. The second-order valence-corrected chi connectivity index (χ2v) is 5.15. The Morgan fingerprint density at radius 2 is 2.14 bits per heavy atom. The van der Waals surface area contributed by atoms with Crippen LogP contribution < -0.4 is 11.0 Å². The van der Waals surface area contributed by atoms with Crippen molar-refractivity contribution in [3.8, 4) is 0 Å². The molecule has 0 bridgehead atoms. The quantitative estimate of drug-likeness (QED) is 0.869. The molecule has 0 fully saturated rings. The molecule has 2 rings (SSSR count). The molecule has 2 N–H and O–H groups in total. The summed E-state index contributed by atoms with van der Waals surface area (Å²) in [6, 6.07) is 1.52. The third kappa shape index (κ3) is 3.56. The van der Waals surface area contributed by atoms with E-state index in [1.165, 1.54) is 4.57 Å².